The molecule has 7 nitrogen and oxygen atoms in total. The van der Waals surface area contributed by atoms with Crippen molar-refractivity contribution < 1.29 is 29.7 Å². The van der Waals surface area contributed by atoms with Crippen LogP contribution < -0.4 is 5.73 Å². The molecule has 0 bridgehead atoms. The van der Waals surface area contributed by atoms with Gasteiger partial charge in [0.25, 0.3) is 0 Å². The zero-order chi connectivity index (χ0) is 18.8. The molecule has 2 aromatic carbocycles. The second-order valence-corrected chi connectivity index (χ2v) is 5.21. The molecule has 1 atom stereocenters. The molecule has 5 N–H and O–H groups in total. The van der Waals surface area contributed by atoms with E-state index in [-0.39, 0.29) is 12.2 Å². The Morgan fingerprint density at radius 3 is 1.92 bits per heavy atom. The highest BCUT2D eigenvalue weighted by molar-refractivity contribution is 6.33. The molecule has 1 unspecified atom stereocenters. The maximum Gasteiger partial charge on any atom is 0.372 e. The molecule has 0 amide bonds. The molecule has 7 heteroatoms. The first-order chi connectivity index (χ1) is 11.8. The van der Waals surface area contributed by atoms with Gasteiger partial charge in [-0.05, 0) is 29.7 Å². The number of aliphatic carboxylic acids is 2. The number of Topliss-reactive ketones (excluding diaryl/α,β-unsaturated/α-hetero) is 1. The molecule has 0 aliphatic rings. The number of aromatic hydroxyl groups is 1. The summed E-state index contributed by atoms with van der Waals surface area (Å²) in [4.78, 5) is 31.3. The number of benzene rings is 2. The highest BCUT2D eigenvalue weighted by Crippen LogP contribution is 2.10. The Labute approximate surface area is 144 Å². The van der Waals surface area contributed by atoms with E-state index in [1.54, 1.807) is 0 Å². The molecule has 0 aliphatic carbocycles. The summed E-state index contributed by atoms with van der Waals surface area (Å²) in [6.07, 6.45) is 0.242. The summed E-state index contributed by atoms with van der Waals surface area (Å²) in [6.45, 7) is 0. The summed E-state index contributed by atoms with van der Waals surface area (Å²) in [6, 6.07) is 14.4. The highest BCUT2D eigenvalue weighted by atomic mass is 16.4. The van der Waals surface area contributed by atoms with Crippen LogP contribution in [0.2, 0.25) is 0 Å². The molecular formula is C18H19NO6. The molecule has 0 fully saturated rings. The van der Waals surface area contributed by atoms with Crippen LogP contribution in [-0.4, -0.2) is 39.1 Å². The summed E-state index contributed by atoms with van der Waals surface area (Å²) >= 11 is 0. The van der Waals surface area contributed by atoms with Crippen LogP contribution in [-0.2, 0) is 27.2 Å². The third-order valence-electron chi connectivity index (χ3n) is 3.16. The molecule has 0 saturated carbocycles. The Kier molecular flexibility index (Phi) is 7.81. The Hall–Kier alpha value is -3.19. The van der Waals surface area contributed by atoms with E-state index in [1.807, 2.05) is 30.3 Å². The van der Waals surface area contributed by atoms with Crippen molar-refractivity contribution in [2.24, 2.45) is 5.73 Å². The van der Waals surface area contributed by atoms with E-state index in [9.17, 15) is 14.4 Å². The number of hydrogen-bond acceptors (Lipinski definition) is 5. The number of ketones is 1. The summed E-state index contributed by atoms with van der Waals surface area (Å²) in [7, 11) is 0. The number of nitrogens with two attached hydrogens (primary N) is 1. The van der Waals surface area contributed by atoms with Crippen molar-refractivity contribution in [2.75, 3.05) is 0 Å². The van der Waals surface area contributed by atoms with E-state index in [4.69, 9.17) is 21.1 Å². The standard InChI is InChI=1S/C9H11NO2.C9H8O4/c10-8(9(11)12)6-7-4-2-1-3-5-7;10-7-3-1-6(2-4-7)5-8(11)9(12)13/h1-5,8H,6,10H2,(H,11,12);1-4,10H,5H2,(H,12,13). The fourth-order valence-electron chi connectivity index (χ4n) is 1.83. The van der Waals surface area contributed by atoms with Crippen LogP contribution in [0, 0.1) is 0 Å². The maximum atomic E-state index is 10.7. The van der Waals surface area contributed by atoms with Gasteiger partial charge in [0, 0.05) is 6.42 Å². The molecule has 0 heterocycles. The van der Waals surface area contributed by atoms with E-state index in [2.05, 4.69) is 0 Å². The largest absolute Gasteiger partial charge is 0.508 e. The molecule has 2 rings (SSSR count). The lowest BCUT2D eigenvalue weighted by Gasteiger charge is -2.04. The van der Waals surface area contributed by atoms with Gasteiger partial charge in [-0.15, -0.1) is 0 Å². The van der Waals surface area contributed by atoms with Gasteiger partial charge in [0.2, 0.25) is 5.78 Å². The summed E-state index contributed by atoms with van der Waals surface area (Å²) in [5.74, 6) is -3.16. The molecule has 0 aliphatic heterocycles. The molecule has 0 spiro atoms. The monoisotopic (exact) mass is 345 g/mol. The zero-order valence-electron chi connectivity index (χ0n) is 13.3. The van der Waals surface area contributed by atoms with Gasteiger partial charge in [-0.2, -0.15) is 0 Å². The molecule has 0 radical (unpaired) electrons. The number of carbonyl (C=O) groups excluding carboxylic acids is 1. The third-order valence-corrected chi connectivity index (χ3v) is 3.16. The zero-order valence-corrected chi connectivity index (χ0v) is 13.3. The second-order valence-electron chi connectivity index (χ2n) is 5.21. The van der Waals surface area contributed by atoms with E-state index < -0.39 is 23.8 Å². The van der Waals surface area contributed by atoms with Crippen molar-refractivity contribution in [3.05, 3.63) is 65.7 Å². The van der Waals surface area contributed by atoms with Gasteiger partial charge in [0.05, 0.1) is 0 Å². The maximum absolute atomic E-state index is 10.7. The fourth-order valence-corrected chi connectivity index (χ4v) is 1.83. The summed E-state index contributed by atoms with van der Waals surface area (Å²) in [5, 5.41) is 25.7. The molecule has 0 saturated heterocycles. The fraction of sp³-hybridized carbons (Fsp3) is 0.167. The molecule has 2 aromatic rings. The first-order valence-corrected chi connectivity index (χ1v) is 7.36. The van der Waals surface area contributed by atoms with E-state index in [1.165, 1.54) is 24.3 Å². The van der Waals surface area contributed by atoms with Crippen LogP contribution in [0.5, 0.6) is 5.75 Å². The van der Waals surface area contributed by atoms with Crippen LogP contribution in [0.4, 0.5) is 0 Å². The number of carbonyl (C=O) groups is 3. The average Bonchev–Trinajstić information content (AvgIpc) is 2.58. The minimum atomic E-state index is -1.44. The van der Waals surface area contributed by atoms with Crippen molar-refractivity contribution in [3.8, 4) is 5.75 Å². The molecule has 132 valence electrons. The topological polar surface area (TPSA) is 138 Å². The predicted octanol–water partition coefficient (Wildman–Crippen LogP) is 1.23. The first-order valence-electron chi connectivity index (χ1n) is 7.36. The van der Waals surface area contributed by atoms with Crippen molar-refractivity contribution in [2.45, 2.75) is 18.9 Å². The van der Waals surface area contributed by atoms with Crippen LogP contribution in [0.15, 0.2) is 54.6 Å². The average molecular weight is 345 g/mol. The van der Waals surface area contributed by atoms with E-state index >= 15 is 0 Å². The Morgan fingerprint density at radius 2 is 1.44 bits per heavy atom. The van der Waals surface area contributed by atoms with Gasteiger partial charge >= 0.3 is 11.9 Å². The van der Waals surface area contributed by atoms with Crippen LogP contribution >= 0.6 is 0 Å². The van der Waals surface area contributed by atoms with Gasteiger partial charge in [-0.3, -0.25) is 9.59 Å². The lowest BCUT2D eigenvalue weighted by Crippen LogP contribution is -2.32. The Morgan fingerprint density at radius 1 is 0.880 bits per heavy atom. The van der Waals surface area contributed by atoms with Gasteiger partial charge < -0.3 is 21.1 Å². The smallest absolute Gasteiger partial charge is 0.372 e. The van der Waals surface area contributed by atoms with Crippen LogP contribution in [0.1, 0.15) is 11.1 Å². The van der Waals surface area contributed by atoms with Crippen molar-refractivity contribution in [1.29, 1.82) is 0 Å². The Bertz CT molecular complexity index is 712. The number of carboxylic acids is 2. The minimum absolute atomic E-state index is 0.0894. The van der Waals surface area contributed by atoms with Crippen LogP contribution in [0.3, 0.4) is 0 Å². The normalized spacial score (nSPS) is 10.9. The number of phenolic OH excluding ortho intramolecular Hbond substituents is 1. The summed E-state index contributed by atoms with van der Waals surface area (Å²) in [5.41, 5.74) is 6.87. The predicted molar refractivity (Wildman–Crippen MR) is 90.2 cm³/mol. The lowest BCUT2D eigenvalue weighted by atomic mass is 10.1. The van der Waals surface area contributed by atoms with Crippen LogP contribution in [0.25, 0.3) is 0 Å². The quantitative estimate of drug-likeness (QED) is 0.578. The van der Waals surface area contributed by atoms with Gasteiger partial charge in [0.1, 0.15) is 11.8 Å². The van der Waals surface area contributed by atoms with Gasteiger partial charge in [0.15, 0.2) is 0 Å². The molecular weight excluding hydrogens is 326 g/mol. The first kappa shape index (κ1) is 19.9. The third kappa shape index (κ3) is 7.76. The van der Waals surface area contributed by atoms with Gasteiger partial charge in [-0.1, -0.05) is 42.5 Å². The van der Waals surface area contributed by atoms with Crippen molar-refractivity contribution >= 4 is 17.7 Å². The number of rotatable bonds is 6. The van der Waals surface area contributed by atoms with Gasteiger partial charge in [-0.25, -0.2) is 4.79 Å². The second kappa shape index (κ2) is 9.84. The van der Waals surface area contributed by atoms with Crippen molar-refractivity contribution in [1.82, 2.24) is 0 Å². The number of phenols is 1. The number of hydrogen-bond donors (Lipinski definition) is 4. The van der Waals surface area contributed by atoms with Crippen molar-refractivity contribution in [3.63, 3.8) is 0 Å². The lowest BCUT2D eigenvalue weighted by molar-refractivity contribution is -0.148. The molecule has 0 aromatic heterocycles. The van der Waals surface area contributed by atoms with E-state index in [0.29, 0.717) is 12.0 Å². The molecule has 25 heavy (non-hydrogen) atoms. The SMILES string of the molecule is NC(Cc1ccccc1)C(=O)O.O=C(O)C(=O)Cc1ccc(O)cc1. The highest BCUT2D eigenvalue weighted by Gasteiger charge is 2.11. The summed E-state index contributed by atoms with van der Waals surface area (Å²) < 4.78 is 0. The number of carboxylic acid groups (broad SMARTS) is 2. The minimum Gasteiger partial charge on any atom is -0.508 e. The van der Waals surface area contributed by atoms with E-state index in [0.717, 1.165) is 5.56 Å². The Balaban J connectivity index is 0.000000251.